The maximum Gasteiger partial charge on any atom is 0.120 e. The van der Waals surface area contributed by atoms with E-state index in [-0.39, 0.29) is 0 Å². The minimum Gasteiger partial charge on any atom is -0.508 e. The second-order valence-corrected chi connectivity index (χ2v) is 8.81. The molecule has 0 radical (unpaired) electrons. The van der Waals surface area contributed by atoms with Crippen molar-refractivity contribution in [2.45, 2.75) is 39.4 Å². The molecule has 1 saturated heterocycles. The molecule has 1 N–H and O–H groups in total. The van der Waals surface area contributed by atoms with Crippen LogP contribution in [0.1, 0.15) is 35.1 Å². The highest BCUT2D eigenvalue weighted by molar-refractivity contribution is 5.31. The summed E-state index contributed by atoms with van der Waals surface area (Å²) in [5, 5.41) is 10.3. The lowest BCUT2D eigenvalue weighted by Crippen LogP contribution is -2.38. The van der Waals surface area contributed by atoms with Crippen LogP contribution in [0.4, 0.5) is 0 Å². The number of nitrogens with zero attached hydrogens (tertiary/aromatic N) is 3. The number of likely N-dealkylation sites (tertiary alicyclic amines) is 1. The Labute approximate surface area is 186 Å². The fourth-order valence-electron chi connectivity index (χ4n) is 4.54. The van der Waals surface area contributed by atoms with Crippen molar-refractivity contribution >= 4 is 0 Å². The van der Waals surface area contributed by atoms with Crippen molar-refractivity contribution in [1.29, 1.82) is 0 Å². The first kappa shape index (κ1) is 21.5. The number of rotatable bonds is 8. The smallest absolute Gasteiger partial charge is 0.120 e. The minimum atomic E-state index is 0.381. The van der Waals surface area contributed by atoms with Gasteiger partial charge >= 0.3 is 0 Å². The second kappa shape index (κ2) is 10.6. The average molecular weight is 416 g/mol. The van der Waals surface area contributed by atoms with Crippen LogP contribution in [0, 0.1) is 12.8 Å². The zero-order chi connectivity index (χ0) is 21.5. The summed E-state index contributed by atoms with van der Waals surface area (Å²) < 4.78 is 0. The predicted octanol–water partition coefficient (Wildman–Crippen LogP) is 5.01. The van der Waals surface area contributed by atoms with Crippen LogP contribution in [0.15, 0.2) is 73.1 Å². The van der Waals surface area contributed by atoms with Crippen LogP contribution in [0.25, 0.3) is 0 Å². The standard InChI is InChI=1S/C27H33N3O/c1-22-7-2-3-9-25(22)20-29-15-12-23(13-16-29)18-30(19-24-8-6-14-28-17-24)21-26-10-4-5-11-27(26)31/h2-11,14,17,23,31H,12-13,15-16,18-21H2,1H3. The number of benzene rings is 2. The van der Waals surface area contributed by atoms with E-state index in [1.165, 1.54) is 29.5 Å². The van der Waals surface area contributed by atoms with Crippen LogP contribution in [-0.4, -0.2) is 39.5 Å². The summed E-state index contributed by atoms with van der Waals surface area (Å²) in [7, 11) is 0. The third-order valence-electron chi connectivity index (χ3n) is 6.39. The van der Waals surface area contributed by atoms with E-state index in [0.717, 1.165) is 44.8 Å². The lowest BCUT2D eigenvalue weighted by Gasteiger charge is -2.35. The Kier molecular flexibility index (Phi) is 7.34. The Hall–Kier alpha value is -2.69. The Balaban J connectivity index is 1.36. The number of pyridine rings is 1. The van der Waals surface area contributed by atoms with E-state index >= 15 is 0 Å². The molecule has 4 rings (SSSR count). The van der Waals surface area contributed by atoms with E-state index < -0.39 is 0 Å². The monoisotopic (exact) mass is 415 g/mol. The number of phenols is 1. The van der Waals surface area contributed by atoms with Crippen LogP contribution in [0.5, 0.6) is 5.75 Å². The molecule has 4 heteroatoms. The Morgan fingerprint density at radius 3 is 2.39 bits per heavy atom. The molecule has 1 fully saturated rings. The highest BCUT2D eigenvalue weighted by Crippen LogP contribution is 2.24. The molecule has 0 spiro atoms. The van der Waals surface area contributed by atoms with Gasteiger partial charge in [-0.3, -0.25) is 14.8 Å². The molecule has 31 heavy (non-hydrogen) atoms. The van der Waals surface area contributed by atoms with E-state index in [1.807, 2.05) is 36.7 Å². The summed E-state index contributed by atoms with van der Waals surface area (Å²) in [5.74, 6) is 1.06. The van der Waals surface area contributed by atoms with Gasteiger partial charge in [-0.1, -0.05) is 48.5 Å². The molecule has 1 aliphatic rings. The molecule has 0 aliphatic carbocycles. The molecule has 3 aromatic rings. The number of para-hydroxylation sites is 1. The largest absolute Gasteiger partial charge is 0.508 e. The normalized spacial score (nSPS) is 15.4. The Morgan fingerprint density at radius 2 is 1.68 bits per heavy atom. The minimum absolute atomic E-state index is 0.381. The van der Waals surface area contributed by atoms with Gasteiger partial charge in [-0.05, 0) is 67.6 Å². The SMILES string of the molecule is Cc1ccccc1CN1CCC(CN(Cc2cccnc2)Cc2ccccc2O)CC1. The predicted molar refractivity (Wildman–Crippen MR) is 126 cm³/mol. The zero-order valence-electron chi connectivity index (χ0n) is 18.5. The quantitative estimate of drug-likeness (QED) is 0.561. The van der Waals surface area contributed by atoms with Gasteiger partial charge in [-0.15, -0.1) is 0 Å². The summed E-state index contributed by atoms with van der Waals surface area (Å²) in [6, 6.07) is 20.5. The summed E-state index contributed by atoms with van der Waals surface area (Å²) in [6.07, 6.45) is 6.20. The first-order valence-corrected chi connectivity index (χ1v) is 11.3. The van der Waals surface area contributed by atoms with Crippen LogP contribution in [0.2, 0.25) is 0 Å². The molecule has 0 saturated carbocycles. The highest BCUT2D eigenvalue weighted by Gasteiger charge is 2.22. The van der Waals surface area contributed by atoms with E-state index in [2.05, 4.69) is 52.0 Å². The lowest BCUT2D eigenvalue weighted by molar-refractivity contribution is 0.131. The third kappa shape index (κ3) is 6.16. The van der Waals surface area contributed by atoms with Gasteiger partial charge in [0.2, 0.25) is 0 Å². The number of aromatic hydroxyl groups is 1. The van der Waals surface area contributed by atoms with Gasteiger partial charge in [0, 0.05) is 44.1 Å². The summed E-state index contributed by atoms with van der Waals surface area (Å²) in [4.78, 5) is 9.34. The molecule has 0 amide bonds. The van der Waals surface area contributed by atoms with Gasteiger partial charge in [-0.2, -0.15) is 0 Å². The van der Waals surface area contributed by atoms with Crippen LogP contribution >= 0.6 is 0 Å². The molecule has 0 unspecified atom stereocenters. The molecular weight excluding hydrogens is 382 g/mol. The number of hydrogen-bond acceptors (Lipinski definition) is 4. The topological polar surface area (TPSA) is 39.6 Å². The van der Waals surface area contributed by atoms with E-state index in [0.29, 0.717) is 11.7 Å². The van der Waals surface area contributed by atoms with Crippen molar-refractivity contribution in [1.82, 2.24) is 14.8 Å². The van der Waals surface area contributed by atoms with Gasteiger partial charge in [0.1, 0.15) is 5.75 Å². The molecular formula is C27H33N3O. The van der Waals surface area contributed by atoms with Crippen molar-refractivity contribution in [2.24, 2.45) is 5.92 Å². The zero-order valence-corrected chi connectivity index (χ0v) is 18.5. The average Bonchev–Trinajstić information content (AvgIpc) is 2.79. The molecule has 2 heterocycles. The van der Waals surface area contributed by atoms with Gasteiger partial charge < -0.3 is 5.11 Å². The van der Waals surface area contributed by atoms with Crippen molar-refractivity contribution in [3.8, 4) is 5.75 Å². The highest BCUT2D eigenvalue weighted by atomic mass is 16.3. The second-order valence-electron chi connectivity index (χ2n) is 8.81. The van der Waals surface area contributed by atoms with Crippen molar-refractivity contribution < 1.29 is 5.11 Å². The Bertz CT molecular complexity index is 951. The number of piperidine rings is 1. The van der Waals surface area contributed by atoms with Crippen LogP contribution in [0.3, 0.4) is 0 Å². The summed E-state index contributed by atoms with van der Waals surface area (Å²) >= 11 is 0. The summed E-state index contributed by atoms with van der Waals surface area (Å²) in [5.41, 5.74) is 5.03. The fourth-order valence-corrected chi connectivity index (χ4v) is 4.54. The van der Waals surface area contributed by atoms with E-state index in [9.17, 15) is 5.11 Å². The molecule has 0 atom stereocenters. The molecule has 162 valence electrons. The lowest BCUT2D eigenvalue weighted by atomic mass is 9.95. The summed E-state index contributed by atoms with van der Waals surface area (Å²) in [6.45, 7) is 8.21. The van der Waals surface area contributed by atoms with E-state index in [4.69, 9.17) is 0 Å². The number of aryl methyl sites for hydroxylation is 1. The van der Waals surface area contributed by atoms with Crippen LogP contribution < -0.4 is 0 Å². The first-order chi connectivity index (χ1) is 15.2. The maximum atomic E-state index is 10.3. The molecule has 0 bridgehead atoms. The van der Waals surface area contributed by atoms with E-state index in [1.54, 1.807) is 6.07 Å². The number of phenolic OH excluding ortho intramolecular Hbond substituents is 1. The molecule has 1 aromatic heterocycles. The number of hydrogen-bond donors (Lipinski definition) is 1. The maximum absolute atomic E-state index is 10.3. The van der Waals surface area contributed by atoms with Crippen molar-refractivity contribution in [3.63, 3.8) is 0 Å². The van der Waals surface area contributed by atoms with Gasteiger partial charge in [0.25, 0.3) is 0 Å². The molecule has 1 aliphatic heterocycles. The van der Waals surface area contributed by atoms with Gasteiger partial charge in [0.05, 0.1) is 0 Å². The van der Waals surface area contributed by atoms with Gasteiger partial charge in [-0.25, -0.2) is 0 Å². The molecule has 2 aromatic carbocycles. The number of aromatic nitrogens is 1. The van der Waals surface area contributed by atoms with Crippen molar-refractivity contribution in [3.05, 3.63) is 95.3 Å². The fraction of sp³-hybridized carbons (Fsp3) is 0.370. The molecule has 4 nitrogen and oxygen atoms in total. The Morgan fingerprint density at radius 1 is 0.935 bits per heavy atom. The first-order valence-electron chi connectivity index (χ1n) is 11.3. The third-order valence-corrected chi connectivity index (χ3v) is 6.39. The van der Waals surface area contributed by atoms with Crippen LogP contribution in [-0.2, 0) is 19.6 Å². The van der Waals surface area contributed by atoms with Crippen molar-refractivity contribution in [2.75, 3.05) is 19.6 Å². The van der Waals surface area contributed by atoms with Gasteiger partial charge in [0.15, 0.2) is 0 Å².